The first-order valence-corrected chi connectivity index (χ1v) is 12.4. The van der Waals surface area contributed by atoms with Gasteiger partial charge in [-0.25, -0.2) is 8.78 Å². The van der Waals surface area contributed by atoms with Crippen molar-refractivity contribution in [2.24, 2.45) is 0 Å². The van der Waals surface area contributed by atoms with E-state index in [-0.39, 0.29) is 25.2 Å². The van der Waals surface area contributed by atoms with Crippen LogP contribution in [0.3, 0.4) is 0 Å². The minimum Gasteiger partial charge on any atom is -0.451 e. The van der Waals surface area contributed by atoms with Crippen molar-refractivity contribution in [3.8, 4) is 17.2 Å². The van der Waals surface area contributed by atoms with Gasteiger partial charge in [-0.05, 0) is 54.5 Å². The number of hydrogen-bond acceptors (Lipinski definition) is 6. The normalized spacial score (nSPS) is 19.8. The third-order valence-electron chi connectivity index (χ3n) is 7.48. The molecule has 1 aromatic heterocycles. The highest BCUT2D eigenvalue weighted by Gasteiger charge is 2.53. The van der Waals surface area contributed by atoms with Crippen LogP contribution in [-0.4, -0.2) is 45.6 Å². The van der Waals surface area contributed by atoms with Gasteiger partial charge in [-0.3, -0.25) is 9.59 Å². The molecule has 2 saturated carbocycles. The molecule has 5 rings (SSSR count). The Kier molecular flexibility index (Phi) is 6.45. The first-order chi connectivity index (χ1) is 18.1. The molecule has 1 atom stereocenters. The predicted octanol–water partition coefficient (Wildman–Crippen LogP) is 3.98. The topological polar surface area (TPSA) is 136 Å². The summed E-state index contributed by atoms with van der Waals surface area (Å²) in [6.45, 7) is -0.382. The standard InChI is InChI=1S/C28H27F2N3O5/c29-28(30)11-9-27(10-12-28,25(37)33-26(16-31)7-8-26)32-24(36)23-14-20-6-5-19(13-22(20)38-23)17-1-3-18(4-2-17)21(35)15-34/h1-6,13-14,21,34-35H,7-12,15H2,(H,32,36)(H,33,37). The molecule has 4 N–H and O–H groups in total. The number of halogens is 2. The number of rotatable bonds is 7. The third-order valence-corrected chi connectivity index (χ3v) is 7.48. The summed E-state index contributed by atoms with van der Waals surface area (Å²) in [4.78, 5) is 26.4. The lowest BCUT2D eigenvalue weighted by molar-refractivity contribution is -0.133. The van der Waals surface area contributed by atoms with Crippen LogP contribution in [0.25, 0.3) is 22.1 Å². The number of nitriles is 1. The van der Waals surface area contributed by atoms with Gasteiger partial charge in [0, 0.05) is 18.2 Å². The number of nitrogens with one attached hydrogen (secondary N) is 2. The summed E-state index contributed by atoms with van der Waals surface area (Å²) in [7, 11) is 0. The zero-order valence-electron chi connectivity index (χ0n) is 20.5. The fraction of sp³-hybridized carbons (Fsp3) is 0.393. The van der Waals surface area contributed by atoms with Crippen molar-refractivity contribution in [1.29, 1.82) is 5.26 Å². The van der Waals surface area contributed by atoms with Gasteiger partial charge >= 0.3 is 0 Å². The van der Waals surface area contributed by atoms with E-state index in [0.717, 1.165) is 11.1 Å². The lowest BCUT2D eigenvalue weighted by atomic mass is 9.78. The third kappa shape index (κ3) is 4.99. The molecule has 1 unspecified atom stereocenters. The monoisotopic (exact) mass is 523 g/mol. The van der Waals surface area contributed by atoms with E-state index in [4.69, 9.17) is 9.52 Å². The largest absolute Gasteiger partial charge is 0.451 e. The summed E-state index contributed by atoms with van der Waals surface area (Å²) in [6.07, 6.45) is -1.64. The summed E-state index contributed by atoms with van der Waals surface area (Å²) in [5, 5.41) is 34.2. The summed E-state index contributed by atoms with van der Waals surface area (Å²) in [6, 6.07) is 15.9. The molecule has 8 nitrogen and oxygen atoms in total. The molecule has 1 heterocycles. The zero-order chi connectivity index (χ0) is 27.1. The second kappa shape index (κ2) is 9.49. The Labute approximate surface area is 217 Å². The van der Waals surface area contributed by atoms with E-state index in [1.807, 2.05) is 6.07 Å². The first-order valence-electron chi connectivity index (χ1n) is 12.4. The highest BCUT2D eigenvalue weighted by atomic mass is 19.3. The number of nitrogens with zero attached hydrogens (tertiary/aromatic N) is 1. The van der Waals surface area contributed by atoms with Crippen LogP contribution in [0, 0.1) is 11.3 Å². The number of fused-ring (bicyclic) bond motifs is 1. The molecule has 2 aromatic carbocycles. The van der Waals surface area contributed by atoms with Crippen LogP contribution in [0.15, 0.2) is 52.9 Å². The molecule has 2 aliphatic rings. The molecule has 0 radical (unpaired) electrons. The van der Waals surface area contributed by atoms with Gasteiger partial charge < -0.3 is 25.3 Å². The number of carbonyl (C=O) groups excluding carboxylic acids is 2. The van der Waals surface area contributed by atoms with Crippen LogP contribution in [0.1, 0.15) is 60.7 Å². The van der Waals surface area contributed by atoms with Crippen LogP contribution in [-0.2, 0) is 4.79 Å². The molecule has 2 fully saturated rings. The molecular weight excluding hydrogens is 496 g/mol. The molecule has 198 valence electrons. The molecule has 0 spiro atoms. The predicted molar refractivity (Wildman–Crippen MR) is 133 cm³/mol. The number of carbonyl (C=O) groups is 2. The van der Waals surface area contributed by atoms with Crippen molar-refractivity contribution in [3.05, 3.63) is 59.9 Å². The molecule has 0 aliphatic heterocycles. The maximum absolute atomic E-state index is 13.9. The van der Waals surface area contributed by atoms with Crippen molar-refractivity contribution in [3.63, 3.8) is 0 Å². The number of furan rings is 1. The number of aliphatic hydroxyl groups is 2. The molecule has 2 aliphatic carbocycles. The first kappa shape index (κ1) is 25.8. The fourth-order valence-electron chi connectivity index (χ4n) is 4.78. The van der Waals surface area contributed by atoms with E-state index >= 15 is 0 Å². The molecule has 3 aromatic rings. The average molecular weight is 524 g/mol. The minimum atomic E-state index is -2.93. The Morgan fingerprint density at radius 2 is 1.63 bits per heavy atom. The zero-order valence-corrected chi connectivity index (χ0v) is 20.5. The highest BCUT2D eigenvalue weighted by Crippen LogP contribution is 2.41. The van der Waals surface area contributed by atoms with Gasteiger partial charge in [-0.2, -0.15) is 5.26 Å². The fourth-order valence-corrected chi connectivity index (χ4v) is 4.78. The van der Waals surface area contributed by atoms with Gasteiger partial charge in [0.1, 0.15) is 22.8 Å². The van der Waals surface area contributed by atoms with Gasteiger partial charge in [0.2, 0.25) is 11.8 Å². The number of benzene rings is 2. The molecule has 10 heteroatoms. The van der Waals surface area contributed by atoms with Gasteiger partial charge in [0.25, 0.3) is 5.91 Å². The Balaban J connectivity index is 1.37. The average Bonchev–Trinajstić information content (AvgIpc) is 3.56. The van der Waals surface area contributed by atoms with Crippen molar-refractivity contribution in [1.82, 2.24) is 10.6 Å². The van der Waals surface area contributed by atoms with E-state index in [1.165, 1.54) is 6.07 Å². The van der Waals surface area contributed by atoms with Crippen molar-refractivity contribution in [2.75, 3.05) is 6.61 Å². The lowest BCUT2D eigenvalue weighted by Crippen LogP contribution is -2.62. The van der Waals surface area contributed by atoms with Gasteiger partial charge in [0.05, 0.1) is 12.7 Å². The molecule has 0 saturated heterocycles. The van der Waals surface area contributed by atoms with Crippen LogP contribution >= 0.6 is 0 Å². The van der Waals surface area contributed by atoms with E-state index in [9.17, 15) is 28.7 Å². The Bertz CT molecular complexity index is 1410. The van der Waals surface area contributed by atoms with Crippen LogP contribution < -0.4 is 10.6 Å². The van der Waals surface area contributed by atoms with Gasteiger partial charge in [0.15, 0.2) is 5.76 Å². The smallest absolute Gasteiger partial charge is 0.287 e. The van der Waals surface area contributed by atoms with Crippen LogP contribution in [0.4, 0.5) is 8.78 Å². The lowest BCUT2D eigenvalue weighted by Gasteiger charge is -2.39. The summed E-state index contributed by atoms with van der Waals surface area (Å²) < 4.78 is 33.7. The molecule has 2 amide bonds. The maximum Gasteiger partial charge on any atom is 0.287 e. The number of aliphatic hydroxyl groups excluding tert-OH is 2. The van der Waals surface area contributed by atoms with Crippen LogP contribution in [0.2, 0.25) is 0 Å². The SMILES string of the molecule is N#CC1(NC(=O)C2(NC(=O)c3cc4ccc(-c5ccc(C(O)CO)cc5)cc4o3)CCC(F)(F)CC2)CC1. The summed E-state index contributed by atoms with van der Waals surface area (Å²) in [5.41, 5.74) is 0.0426. The van der Waals surface area contributed by atoms with Crippen molar-refractivity contribution >= 4 is 22.8 Å². The highest BCUT2D eigenvalue weighted by molar-refractivity contribution is 6.00. The number of amides is 2. The minimum absolute atomic E-state index is 0.0653. The van der Waals surface area contributed by atoms with E-state index in [0.29, 0.717) is 29.4 Å². The van der Waals surface area contributed by atoms with Gasteiger partial charge in [-0.15, -0.1) is 0 Å². The van der Waals surface area contributed by atoms with Crippen molar-refractivity contribution in [2.45, 2.75) is 61.6 Å². The Hall–Kier alpha value is -3.81. The Morgan fingerprint density at radius 1 is 0.974 bits per heavy atom. The second-order valence-electron chi connectivity index (χ2n) is 10.2. The van der Waals surface area contributed by atoms with E-state index in [1.54, 1.807) is 36.4 Å². The van der Waals surface area contributed by atoms with Gasteiger partial charge in [-0.1, -0.05) is 36.4 Å². The number of hydrogen-bond donors (Lipinski definition) is 4. The molecular formula is C28H27F2N3O5. The Morgan fingerprint density at radius 3 is 2.24 bits per heavy atom. The van der Waals surface area contributed by atoms with Crippen molar-refractivity contribution < 1.29 is 33.0 Å². The maximum atomic E-state index is 13.9. The second-order valence-corrected chi connectivity index (χ2v) is 10.2. The molecule has 0 bridgehead atoms. The summed E-state index contributed by atoms with van der Waals surface area (Å²) >= 11 is 0. The van der Waals surface area contributed by atoms with E-state index in [2.05, 4.69) is 16.7 Å². The quantitative estimate of drug-likeness (QED) is 0.370. The summed E-state index contributed by atoms with van der Waals surface area (Å²) in [5.74, 6) is -4.32. The number of alkyl halides is 2. The van der Waals surface area contributed by atoms with E-state index < -0.39 is 47.8 Å². The molecule has 38 heavy (non-hydrogen) atoms. The van der Waals surface area contributed by atoms with Crippen LogP contribution in [0.5, 0.6) is 0 Å².